The molecule has 37 heavy (non-hydrogen) atoms. The molecule has 8 heteroatoms. The minimum Gasteiger partial charge on any atom is -0.484 e. The van der Waals surface area contributed by atoms with Gasteiger partial charge in [0, 0.05) is 13.1 Å². The van der Waals surface area contributed by atoms with Crippen molar-refractivity contribution in [1.29, 1.82) is 0 Å². The SMILES string of the molecule is O=C(COc1ccc([C@@H]2Nc3ccccc3S(=O)(=O)N2Cc2ccccc2)cc1)NCc1ccccc1. The Morgan fingerprint density at radius 2 is 1.43 bits per heavy atom. The number of nitrogens with zero attached hydrogens (tertiary/aromatic N) is 1. The van der Waals surface area contributed by atoms with Crippen LogP contribution in [0.5, 0.6) is 5.75 Å². The maximum atomic E-state index is 13.6. The van der Waals surface area contributed by atoms with Crippen LogP contribution in [0.1, 0.15) is 22.9 Å². The summed E-state index contributed by atoms with van der Waals surface area (Å²) in [6.45, 7) is 0.535. The van der Waals surface area contributed by atoms with Crippen LogP contribution in [0.2, 0.25) is 0 Å². The third-order valence-electron chi connectivity index (χ3n) is 6.13. The van der Waals surface area contributed by atoms with Crippen LogP contribution in [-0.2, 0) is 27.9 Å². The van der Waals surface area contributed by atoms with Crippen LogP contribution in [0.25, 0.3) is 0 Å². The van der Waals surface area contributed by atoms with Crippen molar-refractivity contribution in [2.75, 3.05) is 11.9 Å². The molecule has 0 unspecified atom stereocenters. The number of anilines is 1. The number of carbonyl (C=O) groups excluding carboxylic acids is 1. The van der Waals surface area contributed by atoms with E-state index < -0.39 is 16.2 Å². The molecule has 0 saturated carbocycles. The summed E-state index contributed by atoms with van der Waals surface area (Å²) in [6.07, 6.45) is -0.608. The van der Waals surface area contributed by atoms with Gasteiger partial charge in [-0.15, -0.1) is 0 Å². The average Bonchev–Trinajstić information content (AvgIpc) is 2.94. The Hall–Kier alpha value is -4.14. The Labute approximate surface area is 216 Å². The Balaban J connectivity index is 1.31. The highest BCUT2D eigenvalue weighted by Gasteiger charge is 2.38. The lowest BCUT2D eigenvalue weighted by molar-refractivity contribution is -0.123. The molecule has 4 aromatic rings. The lowest BCUT2D eigenvalue weighted by atomic mass is 10.1. The minimum atomic E-state index is -3.75. The number of fused-ring (bicyclic) bond motifs is 1. The van der Waals surface area contributed by atoms with Crippen molar-refractivity contribution in [3.05, 3.63) is 126 Å². The van der Waals surface area contributed by atoms with Crippen molar-refractivity contribution in [2.45, 2.75) is 24.2 Å². The van der Waals surface area contributed by atoms with Crippen LogP contribution in [-0.4, -0.2) is 25.2 Å². The fourth-order valence-corrected chi connectivity index (χ4v) is 5.91. The Bertz CT molecular complexity index is 1460. The van der Waals surface area contributed by atoms with E-state index in [2.05, 4.69) is 10.6 Å². The second kappa shape index (κ2) is 10.9. The number of sulfonamides is 1. The number of rotatable bonds is 8. The van der Waals surface area contributed by atoms with Gasteiger partial charge in [-0.1, -0.05) is 84.9 Å². The van der Waals surface area contributed by atoms with Crippen LogP contribution >= 0.6 is 0 Å². The lowest BCUT2D eigenvalue weighted by Crippen LogP contribution is -2.42. The molecule has 1 aliphatic heterocycles. The predicted octanol–water partition coefficient (Wildman–Crippen LogP) is 4.70. The second-order valence-electron chi connectivity index (χ2n) is 8.70. The van der Waals surface area contributed by atoms with Gasteiger partial charge in [-0.25, -0.2) is 8.42 Å². The minimum absolute atomic E-state index is 0.115. The summed E-state index contributed by atoms with van der Waals surface area (Å²) in [7, 11) is -3.75. The molecule has 0 aliphatic carbocycles. The van der Waals surface area contributed by atoms with Crippen molar-refractivity contribution in [3.63, 3.8) is 0 Å². The predicted molar refractivity (Wildman–Crippen MR) is 142 cm³/mol. The summed E-state index contributed by atoms with van der Waals surface area (Å²) in [4.78, 5) is 12.4. The fraction of sp³-hybridized carbons (Fsp3) is 0.138. The molecule has 1 aliphatic rings. The van der Waals surface area contributed by atoms with E-state index in [9.17, 15) is 13.2 Å². The zero-order chi connectivity index (χ0) is 25.7. The molecule has 0 aromatic heterocycles. The molecule has 5 rings (SSSR count). The molecule has 1 amide bonds. The molecule has 4 aromatic carbocycles. The van der Waals surface area contributed by atoms with Crippen molar-refractivity contribution >= 4 is 21.6 Å². The molecule has 1 atom stereocenters. The number of hydrogen-bond donors (Lipinski definition) is 2. The molecule has 1 heterocycles. The third kappa shape index (κ3) is 5.66. The number of benzene rings is 4. The normalized spacial score (nSPS) is 16.3. The van der Waals surface area contributed by atoms with Gasteiger partial charge in [0.05, 0.1) is 5.69 Å². The molecule has 7 nitrogen and oxygen atoms in total. The second-order valence-corrected chi connectivity index (χ2v) is 10.6. The maximum absolute atomic E-state index is 13.6. The Morgan fingerprint density at radius 1 is 0.811 bits per heavy atom. The highest BCUT2D eigenvalue weighted by Crippen LogP contribution is 2.39. The summed E-state index contributed by atoms with van der Waals surface area (Å²) in [6, 6.07) is 33.2. The zero-order valence-electron chi connectivity index (χ0n) is 20.1. The van der Waals surface area contributed by atoms with E-state index >= 15 is 0 Å². The number of carbonyl (C=O) groups is 1. The highest BCUT2D eigenvalue weighted by molar-refractivity contribution is 7.89. The molecule has 0 radical (unpaired) electrons. The van der Waals surface area contributed by atoms with Crippen LogP contribution in [0, 0.1) is 0 Å². The van der Waals surface area contributed by atoms with Gasteiger partial charge in [0.15, 0.2) is 6.61 Å². The Morgan fingerprint density at radius 3 is 2.14 bits per heavy atom. The van der Waals surface area contributed by atoms with Gasteiger partial charge in [0.1, 0.15) is 16.8 Å². The van der Waals surface area contributed by atoms with Gasteiger partial charge in [-0.05, 0) is 41.0 Å². The number of amides is 1. The number of para-hydroxylation sites is 1. The molecule has 188 valence electrons. The summed E-state index contributed by atoms with van der Waals surface area (Å²) in [5.74, 6) is 0.297. The molecular weight excluding hydrogens is 486 g/mol. The molecular formula is C29H27N3O4S. The van der Waals surface area contributed by atoms with Gasteiger partial charge in [0.25, 0.3) is 5.91 Å². The summed E-state index contributed by atoms with van der Waals surface area (Å²) < 4.78 is 34.4. The molecule has 0 bridgehead atoms. The zero-order valence-corrected chi connectivity index (χ0v) is 20.9. The summed E-state index contributed by atoms with van der Waals surface area (Å²) in [5.41, 5.74) is 3.22. The first-order chi connectivity index (χ1) is 18.0. The first kappa shape index (κ1) is 24.5. The maximum Gasteiger partial charge on any atom is 0.258 e. The monoisotopic (exact) mass is 513 g/mol. The first-order valence-corrected chi connectivity index (χ1v) is 13.4. The molecule has 0 saturated heterocycles. The van der Waals surface area contributed by atoms with Gasteiger partial charge < -0.3 is 15.4 Å². The molecule has 0 spiro atoms. The van der Waals surface area contributed by atoms with Gasteiger partial charge in [0.2, 0.25) is 10.0 Å². The first-order valence-electron chi connectivity index (χ1n) is 12.0. The summed E-state index contributed by atoms with van der Waals surface area (Å²) in [5, 5.41) is 6.22. The van der Waals surface area contributed by atoms with E-state index in [1.807, 2.05) is 78.9 Å². The van der Waals surface area contributed by atoms with E-state index in [4.69, 9.17) is 4.74 Å². The van der Waals surface area contributed by atoms with Gasteiger partial charge in [-0.3, -0.25) is 4.79 Å². The largest absolute Gasteiger partial charge is 0.484 e. The van der Waals surface area contributed by atoms with E-state index in [1.54, 1.807) is 30.3 Å². The number of ether oxygens (including phenoxy) is 1. The lowest BCUT2D eigenvalue weighted by Gasteiger charge is -2.37. The van der Waals surface area contributed by atoms with Crippen LogP contribution in [0.4, 0.5) is 5.69 Å². The van der Waals surface area contributed by atoms with Crippen molar-refractivity contribution in [1.82, 2.24) is 9.62 Å². The average molecular weight is 514 g/mol. The van der Waals surface area contributed by atoms with Crippen molar-refractivity contribution in [3.8, 4) is 5.75 Å². The standard InChI is InChI=1S/C29H27N3O4S/c33-28(30-19-22-9-3-1-4-10-22)21-36-25-17-15-24(16-18-25)29-31-26-13-7-8-14-27(26)37(34,35)32(29)20-23-11-5-2-6-12-23/h1-18,29,31H,19-21H2,(H,30,33)/t29-/m1/s1. The van der Waals surface area contributed by atoms with Crippen molar-refractivity contribution < 1.29 is 17.9 Å². The van der Waals surface area contributed by atoms with E-state index in [0.717, 1.165) is 16.7 Å². The van der Waals surface area contributed by atoms with E-state index in [-0.39, 0.29) is 24.0 Å². The van der Waals surface area contributed by atoms with Crippen LogP contribution < -0.4 is 15.4 Å². The number of hydrogen-bond acceptors (Lipinski definition) is 5. The van der Waals surface area contributed by atoms with Gasteiger partial charge >= 0.3 is 0 Å². The van der Waals surface area contributed by atoms with E-state index in [1.165, 1.54) is 4.31 Å². The topological polar surface area (TPSA) is 87.7 Å². The fourth-order valence-electron chi connectivity index (χ4n) is 4.23. The molecule has 2 N–H and O–H groups in total. The smallest absolute Gasteiger partial charge is 0.258 e. The van der Waals surface area contributed by atoms with Gasteiger partial charge in [-0.2, -0.15) is 4.31 Å². The number of nitrogens with one attached hydrogen (secondary N) is 2. The van der Waals surface area contributed by atoms with Crippen LogP contribution in [0.15, 0.2) is 114 Å². The summed E-state index contributed by atoms with van der Waals surface area (Å²) >= 11 is 0. The van der Waals surface area contributed by atoms with E-state index in [0.29, 0.717) is 18.0 Å². The van der Waals surface area contributed by atoms with Crippen molar-refractivity contribution in [2.24, 2.45) is 0 Å². The van der Waals surface area contributed by atoms with Crippen LogP contribution in [0.3, 0.4) is 0 Å². The Kier molecular flexibility index (Phi) is 7.20. The molecule has 0 fully saturated rings. The highest BCUT2D eigenvalue weighted by atomic mass is 32.2. The quantitative estimate of drug-likeness (QED) is 0.357. The third-order valence-corrected chi connectivity index (χ3v) is 8.00.